The zero-order valence-electron chi connectivity index (χ0n) is 17.6. The number of aryl methyl sites for hydroxylation is 2. The van der Waals surface area contributed by atoms with Crippen molar-refractivity contribution in [2.45, 2.75) is 26.9 Å². The molecule has 0 atom stereocenters. The summed E-state index contributed by atoms with van der Waals surface area (Å²) in [6.07, 6.45) is 3.64. The molecule has 0 spiro atoms. The summed E-state index contributed by atoms with van der Waals surface area (Å²) >= 11 is 0. The fourth-order valence-electron chi connectivity index (χ4n) is 3.81. The van der Waals surface area contributed by atoms with Gasteiger partial charge in [0.25, 0.3) is 0 Å². The first kappa shape index (κ1) is 20.1. The van der Waals surface area contributed by atoms with Gasteiger partial charge in [0.2, 0.25) is 0 Å². The second-order valence-electron chi connectivity index (χ2n) is 7.83. The number of urea groups is 1. The minimum Gasteiger partial charge on any atom is -0.322 e. The van der Waals surface area contributed by atoms with Crippen LogP contribution >= 0.6 is 0 Å². The van der Waals surface area contributed by atoms with Gasteiger partial charge in [0.1, 0.15) is 0 Å². The average molecular weight is 405 g/mol. The number of carbonyl (C=O) groups excluding carboxylic acids is 1. The second-order valence-corrected chi connectivity index (χ2v) is 7.83. The average Bonchev–Trinajstić information content (AvgIpc) is 3.06. The van der Waals surface area contributed by atoms with Gasteiger partial charge in [-0.2, -0.15) is 5.10 Å². The summed E-state index contributed by atoms with van der Waals surface area (Å²) in [5, 5.41) is 7.57. The van der Waals surface area contributed by atoms with Crippen molar-refractivity contribution in [1.29, 1.82) is 0 Å². The van der Waals surface area contributed by atoms with E-state index in [9.17, 15) is 4.79 Å². The number of pyridine rings is 1. The largest absolute Gasteiger partial charge is 0.322 e. The van der Waals surface area contributed by atoms with Crippen molar-refractivity contribution in [3.63, 3.8) is 0 Å². The van der Waals surface area contributed by atoms with E-state index in [1.807, 2.05) is 59.2 Å². The lowest BCUT2D eigenvalue weighted by molar-refractivity contribution is 0.143. The van der Waals surface area contributed by atoms with Gasteiger partial charge in [-0.05, 0) is 55.3 Å². The lowest BCUT2D eigenvalue weighted by atomic mass is 10.2. The first-order chi connectivity index (χ1) is 14.6. The summed E-state index contributed by atoms with van der Waals surface area (Å²) in [5.74, 6) is 0. The van der Waals surface area contributed by atoms with Crippen molar-refractivity contribution >= 4 is 11.7 Å². The Morgan fingerprint density at radius 1 is 0.967 bits per heavy atom. The molecule has 1 saturated heterocycles. The van der Waals surface area contributed by atoms with Crippen molar-refractivity contribution < 1.29 is 4.79 Å². The summed E-state index contributed by atoms with van der Waals surface area (Å²) in [4.78, 5) is 21.0. The van der Waals surface area contributed by atoms with Crippen molar-refractivity contribution in [3.8, 4) is 0 Å². The molecule has 2 amide bonds. The van der Waals surface area contributed by atoms with Gasteiger partial charge in [-0.15, -0.1) is 0 Å². The standard InChI is InChI=1S/C23H28N6O/c1-18-14-19(2)29(26-18)17-21-4-3-5-22(15-21)25-23(30)28-12-10-27(11-13-28)16-20-6-8-24-9-7-20/h3-9,14-15H,10-13,16-17H2,1-2H3,(H,25,30). The molecule has 0 saturated carbocycles. The van der Waals surface area contributed by atoms with E-state index in [1.165, 1.54) is 5.56 Å². The molecule has 1 aliphatic heterocycles. The molecule has 1 aromatic carbocycles. The van der Waals surface area contributed by atoms with E-state index >= 15 is 0 Å². The number of piperazine rings is 1. The van der Waals surface area contributed by atoms with Gasteiger partial charge in [0.05, 0.1) is 12.2 Å². The van der Waals surface area contributed by atoms with Gasteiger partial charge < -0.3 is 10.2 Å². The SMILES string of the molecule is Cc1cc(C)n(Cc2cccc(NC(=O)N3CCN(Cc4ccncc4)CC3)c2)n1. The molecular formula is C23H28N6O. The molecule has 156 valence electrons. The summed E-state index contributed by atoms with van der Waals surface area (Å²) in [6.45, 7) is 8.83. The van der Waals surface area contributed by atoms with E-state index in [1.54, 1.807) is 0 Å². The Kier molecular flexibility index (Phi) is 6.09. The van der Waals surface area contributed by atoms with Crippen LogP contribution in [0.3, 0.4) is 0 Å². The lowest BCUT2D eigenvalue weighted by Gasteiger charge is -2.34. The summed E-state index contributed by atoms with van der Waals surface area (Å²) in [7, 11) is 0. The van der Waals surface area contributed by atoms with Gasteiger partial charge >= 0.3 is 6.03 Å². The molecule has 30 heavy (non-hydrogen) atoms. The van der Waals surface area contributed by atoms with Gasteiger partial charge in [-0.1, -0.05) is 12.1 Å². The fraction of sp³-hybridized carbons (Fsp3) is 0.348. The molecule has 1 aliphatic rings. The van der Waals surface area contributed by atoms with Crippen LogP contribution in [-0.2, 0) is 13.1 Å². The molecule has 0 unspecified atom stereocenters. The molecule has 3 heterocycles. The molecule has 2 aromatic heterocycles. The van der Waals surface area contributed by atoms with Gasteiger partial charge in [-0.3, -0.25) is 14.6 Å². The number of carbonyl (C=O) groups is 1. The predicted octanol–water partition coefficient (Wildman–Crippen LogP) is 3.29. The van der Waals surface area contributed by atoms with Crippen LogP contribution < -0.4 is 5.32 Å². The highest BCUT2D eigenvalue weighted by molar-refractivity contribution is 5.89. The van der Waals surface area contributed by atoms with Crippen LogP contribution in [0.2, 0.25) is 0 Å². The normalized spacial score (nSPS) is 14.7. The Hall–Kier alpha value is -3.19. The number of rotatable bonds is 5. The Balaban J connectivity index is 1.30. The first-order valence-corrected chi connectivity index (χ1v) is 10.3. The first-order valence-electron chi connectivity index (χ1n) is 10.3. The van der Waals surface area contributed by atoms with Crippen LogP contribution in [0.4, 0.5) is 10.5 Å². The minimum absolute atomic E-state index is 0.0400. The third-order valence-corrected chi connectivity index (χ3v) is 5.43. The molecule has 1 N–H and O–H groups in total. The van der Waals surface area contributed by atoms with Crippen molar-refractivity contribution in [3.05, 3.63) is 77.4 Å². The van der Waals surface area contributed by atoms with E-state index in [0.29, 0.717) is 6.54 Å². The van der Waals surface area contributed by atoms with Crippen LogP contribution in [0.25, 0.3) is 0 Å². The number of nitrogens with zero attached hydrogens (tertiary/aromatic N) is 5. The number of nitrogens with one attached hydrogen (secondary N) is 1. The molecular weight excluding hydrogens is 376 g/mol. The monoisotopic (exact) mass is 404 g/mol. The second kappa shape index (κ2) is 9.09. The summed E-state index contributed by atoms with van der Waals surface area (Å²) < 4.78 is 1.98. The Bertz CT molecular complexity index is 992. The number of benzene rings is 1. The molecule has 0 aliphatic carbocycles. The van der Waals surface area contributed by atoms with E-state index in [4.69, 9.17) is 0 Å². The number of aromatic nitrogens is 3. The summed E-state index contributed by atoms with van der Waals surface area (Å²) in [6, 6.07) is 14.1. The maximum absolute atomic E-state index is 12.7. The minimum atomic E-state index is -0.0400. The van der Waals surface area contributed by atoms with E-state index in [0.717, 1.165) is 55.4 Å². The van der Waals surface area contributed by atoms with Gasteiger partial charge in [0, 0.05) is 56.5 Å². The zero-order valence-corrected chi connectivity index (χ0v) is 17.6. The highest BCUT2D eigenvalue weighted by Gasteiger charge is 2.21. The maximum atomic E-state index is 12.7. The Morgan fingerprint density at radius 3 is 2.43 bits per heavy atom. The molecule has 4 rings (SSSR count). The van der Waals surface area contributed by atoms with Crippen LogP contribution in [-0.4, -0.2) is 56.8 Å². The summed E-state index contributed by atoms with van der Waals surface area (Å²) in [5.41, 5.74) is 5.33. The molecule has 7 heteroatoms. The van der Waals surface area contributed by atoms with Crippen LogP contribution in [0, 0.1) is 13.8 Å². The van der Waals surface area contributed by atoms with E-state index in [2.05, 4.69) is 39.4 Å². The third-order valence-electron chi connectivity index (χ3n) is 5.43. The highest BCUT2D eigenvalue weighted by Crippen LogP contribution is 2.15. The molecule has 0 bridgehead atoms. The van der Waals surface area contributed by atoms with Gasteiger partial charge in [-0.25, -0.2) is 4.79 Å². The maximum Gasteiger partial charge on any atom is 0.321 e. The van der Waals surface area contributed by atoms with Crippen LogP contribution in [0.15, 0.2) is 54.9 Å². The number of anilines is 1. The van der Waals surface area contributed by atoms with Gasteiger partial charge in [0.15, 0.2) is 0 Å². The zero-order chi connectivity index (χ0) is 20.9. The smallest absolute Gasteiger partial charge is 0.321 e. The molecule has 1 fully saturated rings. The fourth-order valence-corrected chi connectivity index (χ4v) is 3.81. The lowest BCUT2D eigenvalue weighted by Crippen LogP contribution is -2.49. The van der Waals surface area contributed by atoms with Crippen LogP contribution in [0.1, 0.15) is 22.5 Å². The number of hydrogen-bond acceptors (Lipinski definition) is 4. The molecule has 0 radical (unpaired) electrons. The molecule has 3 aromatic rings. The predicted molar refractivity (Wildman–Crippen MR) is 117 cm³/mol. The Morgan fingerprint density at radius 2 is 1.73 bits per heavy atom. The highest BCUT2D eigenvalue weighted by atomic mass is 16.2. The van der Waals surface area contributed by atoms with Crippen molar-refractivity contribution in [2.24, 2.45) is 0 Å². The third kappa shape index (κ3) is 5.04. The van der Waals surface area contributed by atoms with E-state index < -0.39 is 0 Å². The Labute approximate surface area is 177 Å². The quantitative estimate of drug-likeness (QED) is 0.709. The number of hydrogen-bond donors (Lipinski definition) is 1. The topological polar surface area (TPSA) is 66.3 Å². The van der Waals surface area contributed by atoms with E-state index in [-0.39, 0.29) is 6.03 Å². The molecule has 7 nitrogen and oxygen atoms in total. The van der Waals surface area contributed by atoms with Crippen LogP contribution in [0.5, 0.6) is 0 Å². The number of amides is 2. The van der Waals surface area contributed by atoms with Crippen molar-refractivity contribution in [2.75, 3.05) is 31.5 Å². The van der Waals surface area contributed by atoms with Crippen molar-refractivity contribution in [1.82, 2.24) is 24.6 Å².